The molecular formula is C12H10ClN3O3. The second-order valence-corrected chi connectivity index (χ2v) is 4.08. The maximum atomic E-state index is 11.9. The summed E-state index contributed by atoms with van der Waals surface area (Å²) in [6.07, 6.45) is 2.69. The van der Waals surface area contributed by atoms with Crippen LogP contribution in [0.15, 0.2) is 46.4 Å². The minimum Gasteiger partial charge on any atom is -0.472 e. The van der Waals surface area contributed by atoms with Gasteiger partial charge in [0.2, 0.25) is 0 Å². The fraction of sp³-hybridized carbons (Fsp3) is 0. The Kier molecular flexibility index (Phi) is 3.72. The molecular weight excluding hydrogens is 270 g/mol. The third-order valence-electron chi connectivity index (χ3n) is 2.40. The van der Waals surface area contributed by atoms with Crippen LogP contribution in [0.25, 0.3) is 0 Å². The van der Waals surface area contributed by atoms with Gasteiger partial charge in [0.25, 0.3) is 5.91 Å². The number of benzene rings is 1. The second kappa shape index (κ2) is 5.45. The van der Waals surface area contributed by atoms with E-state index in [0.29, 0.717) is 21.8 Å². The first kappa shape index (κ1) is 13.0. The molecule has 0 atom stereocenters. The number of hydrogen-bond acceptors (Lipinski definition) is 4. The number of halogens is 1. The molecule has 19 heavy (non-hydrogen) atoms. The third-order valence-corrected chi connectivity index (χ3v) is 2.63. The van der Waals surface area contributed by atoms with Gasteiger partial charge in [0.05, 0.1) is 17.5 Å². The Morgan fingerprint density at radius 2 is 2.21 bits per heavy atom. The van der Waals surface area contributed by atoms with E-state index < -0.39 is 0 Å². The van der Waals surface area contributed by atoms with Crippen LogP contribution < -0.4 is 11.1 Å². The first-order chi connectivity index (χ1) is 9.11. The molecule has 0 aliphatic heterocycles. The molecule has 98 valence electrons. The van der Waals surface area contributed by atoms with Gasteiger partial charge in [-0.1, -0.05) is 16.8 Å². The highest BCUT2D eigenvalue weighted by Gasteiger charge is 2.13. The normalized spacial score (nSPS) is 11.3. The number of nitrogens with one attached hydrogen (secondary N) is 1. The minimum atomic E-state index is -0.386. The zero-order chi connectivity index (χ0) is 13.8. The maximum absolute atomic E-state index is 11.9. The van der Waals surface area contributed by atoms with Crippen LogP contribution in [0.4, 0.5) is 5.69 Å². The van der Waals surface area contributed by atoms with Crippen molar-refractivity contribution in [3.8, 4) is 0 Å². The lowest BCUT2D eigenvalue weighted by Crippen LogP contribution is -2.19. The van der Waals surface area contributed by atoms with Gasteiger partial charge < -0.3 is 20.7 Å². The van der Waals surface area contributed by atoms with Gasteiger partial charge in [-0.05, 0) is 24.3 Å². The molecule has 2 rings (SSSR count). The molecule has 0 aliphatic carbocycles. The molecule has 1 heterocycles. The van der Waals surface area contributed by atoms with Crippen molar-refractivity contribution in [1.29, 1.82) is 0 Å². The number of anilines is 1. The van der Waals surface area contributed by atoms with Gasteiger partial charge in [0.15, 0.2) is 5.84 Å². The van der Waals surface area contributed by atoms with E-state index in [4.69, 9.17) is 27.0 Å². The topological polar surface area (TPSA) is 101 Å². The van der Waals surface area contributed by atoms with E-state index in [1.54, 1.807) is 12.1 Å². The zero-order valence-corrected chi connectivity index (χ0v) is 10.4. The van der Waals surface area contributed by atoms with Crippen LogP contribution in [0.3, 0.4) is 0 Å². The third kappa shape index (κ3) is 2.86. The molecule has 2 aromatic rings. The Morgan fingerprint density at radius 1 is 1.42 bits per heavy atom. The van der Waals surface area contributed by atoms with E-state index in [-0.39, 0.29) is 11.7 Å². The molecule has 0 saturated carbocycles. The molecule has 6 nitrogen and oxygen atoms in total. The van der Waals surface area contributed by atoms with Crippen LogP contribution in [0.5, 0.6) is 0 Å². The fourth-order valence-electron chi connectivity index (χ4n) is 1.49. The summed E-state index contributed by atoms with van der Waals surface area (Å²) in [5.41, 5.74) is 6.59. The number of hydrogen-bond donors (Lipinski definition) is 3. The van der Waals surface area contributed by atoms with Gasteiger partial charge in [-0.15, -0.1) is 0 Å². The number of nitrogens with two attached hydrogens (primary N) is 1. The van der Waals surface area contributed by atoms with Gasteiger partial charge in [-0.2, -0.15) is 0 Å². The summed E-state index contributed by atoms with van der Waals surface area (Å²) >= 11 is 5.86. The molecule has 0 saturated heterocycles. The molecule has 4 N–H and O–H groups in total. The van der Waals surface area contributed by atoms with Gasteiger partial charge >= 0.3 is 0 Å². The number of oxime groups is 1. The predicted octanol–water partition coefficient (Wildman–Crippen LogP) is 2.28. The van der Waals surface area contributed by atoms with E-state index in [9.17, 15) is 4.79 Å². The van der Waals surface area contributed by atoms with E-state index in [1.807, 2.05) is 0 Å². The van der Waals surface area contributed by atoms with E-state index in [2.05, 4.69) is 10.5 Å². The predicted molar refractivity (Wildman–Crippen MR) is 70.6 cm³/mol. The molecule has 0 unspecified atom stereocenters. The van der Waals surface area contributed by atoms with Crippen molar-refractivity contribution in [3.63, 3.8) is 0 Å². The molecule has 0 fully saturated rings. The minimum absolute atomic E-state index is 0.126. The molecule has 0 spiro atoms. The summed E-state index contributed by atoms with van der Waals surface area (Å²) in [7, 11) is 0. The number of carbonyl (C=O) groups excluding carboxylic acids is 1. The first-order valence-electron chi connectivity index (χ1n) is 5.23. The summed E-state index contributed by atoms with van der Waals surface area (Å²) < 4.78 is 4.82. The van der Waals surface area contributed by atoms with Crippen molar-refractivity contribution < 1.29 is 14.4 Å². The van der Waals surface area contributed by atoms with Crippen LogP contribution >= 0.6 is 11.6 Å². The lowest BCUT2D eigenvalue weighted by atomic mass is 10.1. The van der Waals surface area contributed by atoms with E-state index in [1.165, 1.54) is 24.7 Å². The molecule has 1 aromatic heterocycles. The summed E-state index contributed by atoms with van der Waals surface area (Å²) in [4.78, 5) is 11.9. The highest BCUT2D eigenvalue weighted by molar-refractivity contribution is 6.31. The lowest BCUT2D eigenvalue weighted by molar-refractivity contribution is 0.102. The number of amides is 1. The summed E-state index contributed by atoms with van der Waals surface area (Å²) in [6, 6.07) is 6.14. The highest BCUT2D eigenvalue weighted by atomic mass is 35.5. The number of furan rings is 1. The fourth-order valence-corrected chi connectivity index (χ4v) is 1.66. The Hall–Kier alpha value is -2.47. The molecule has 7 heteroatoms. The van der Waals surface area contributed by atoms with Gasteiger partial charge in [0.1, 0.15) is 6.26 Å². The molecule has 0 aliphatic rings. The number of carbonyl (C=O) groups is 1. The highest BCUT2D eigenvalue weighted by Crippen LogP contribution is 2.21. The number of amidine groups is 1. The Morgan fingerprint density at radius 3 is 2.84 bits per heavy atom. The van der Waals surface area contributed by atoms with Gasteiger partial charge in [-0.3, -0.25) is 4.79 Å². The summed E-state index contributed by atoms with van der Waals surface area (Å²) in [5, 5.41) is 14.6. The number of nitrogens with zero attached hydrogens (tertiary/aromatic N) is 1. The van der Waals surface area contributed by atoms with Crippen molar-refractivity contribution in [2.75, 3.05) is 5.32 Å². The average molecular weight is 280 g/mol. The maximum Gasteiger partial charge on any atom is 0.258 e. The lowest BCUT2D eigenvalue weighted by Gasteiger charge is -2.09. The van der Waals surface area contributed by atoms with Crippen molar-refractivity contribution in [3.05, 3.63) is 52.9 Å². The van der Waals surface area contributed by atoms with Crippen molar-refractivity contribution >= 4 is 29.0 Å². The van der Waals surface area contributed by atoms with Crippen LogP contribution in [-0.4, -0.2) is 17.0 Å². The largest absolute Gasteiger partial charge is 0.472 e. The SMILES string of the molecule is NC(=NO)c1ccc(Cl)cc1NC(=O)c1ccoc1. The Balaban J connectivity index is 2.33. The van der Waals surface area contributed by atoms with Gasteiger partial charge in [0, 0.05) is 10.6 Å². The molecule has 0 radical (unpaired) electrons. The van der Waals surface area contributed by atoms with Crippen LogP contribution in [0, 0.1) is 0 Å². The molecule has 0 bridgehead atoms. The van der Waals surface area contributed by atoms with Crippen LogP contribution in [0.2, 0.25) is 5.02 Å². The van der Waals surface area contributed by atoms with Gasteiger partial charge in [-0.25, -0.2) is 0 Å². The van der Waals surface area contributed by atoms with Crippen LogP contribution in [0.1, 0.15) is 15.9 Å². The van der Waals surface area contributed by atoms with Crippen LogP contribution in [-0.2, 0) is 0 Å². The number of rotatable bonds is 3. The van der Waals surface area contributed by atoms with E-state index in [0.717, 1.165) is 0 Å². The summed E-state index contributed by atoms with van der Waals surface area (Å²) in [5.74, 6) is -0.512. The zero-order valence-electron chi connectivity index (χ0n) is 9.63. The monoisotopic (exact) mass is 279 g/mol. The standard InChI is InChI=1S/C12H10ClN3O3/c13-8-1-2-9(11(14)16-18)10(5-8)15-12(17)7-3-4-19-6-7/h1-6,18H,(H2,14,16)(H,15,17). The van der Waals surface area contributed by atoms with Crippen molar-refractivity contribution in [2.45, 2.75) is 0 Å². The quantitative estimate of drug-likeness (QED) is 0.347. The van der Waals surface area contributed by atoms with Crippen molar-refractivity contribution in [2.24, 2.45) is 10.9 Å². The van der Waals surface area contributed by atoms with Crippen molar-refractivity contribution in [1.82, 2.24) is 0 Å². The average Bonchev–Trinajstić information content (AvgIpc) is 2.92. The first-order valence-corrected chi connectivity index (χ1v) is 5.60. The Labute approximate surface area is 113 Å². The van der Waals surface area contributed by atoms with E-state index >= 15 is 0 Å². The molecule has 1 aromatic carbocycles. The Bertz CT molecular complexity index is 623. The second-order valence-electron chi connectivity index (χ2n) is 3.64. The smallest absolute Gasteiger partial charge is 0.258 e. The molecule has 1 amide bonds. The summed E-state index contributed by atoms with van der Waals surface area (Å²) in [6.45, 7) is 0.